The van der Waals surface area contributed by atoms with Crippen LogP contribution < -0.4 is 5.32 Å². The molecule has 1 aromatic heterocycles. The van der Waals surface area contributed by atoms with Crippen molar-refractivity contribution < 1.29 is 0 Å². The summed E-state index contributed by atoms with van der Waals surface area (Å²) in [5.74, 6) is 6.58. The largest absolute Gasteiger partial charge is 0.310 e. The highest BCUT2D eigenvalue weighted by Gasteiger charge is 2.15. The van der Waals surface area contributed by atoms with Crippen LogP contribution in [-0.4, -0.2) is 17.6 Å². The van der Waals surface area contributed by atoms with Crippen LogP contribution in [-0.2, 0) is 0 Å². The highest BCUT2D eigenvalue weighted by Crippen LogP contribution is 2.23. The summed E-state index contributed by atoms with van der Waals surface area (Å²) in [4.78, 5) is 4.47. The molecule has 1 unspecified atom stereocenters. The van der Waals surface area contributed by atoms with E-state index in [0.29, 0.717) is 6.04 Å². The minimum Gasteiger partial charge on any atom is -0.310 e. The quantitative estimate of drug-likeness (QED) is 0.693. The molecule has 0 aliphatic carbocycles. The van der Waals surface area contributed by atoms with Gasteiger partial charge in [0.2, 0.25) is 0 Å². The maximum atomic E-state index is 4.47. The SMILES string of the molecule is C(#Cc1cnc2ccccc2c1)CCC1CC(c2ccccc2)=CCN1. The van der Waals surface area contributed by atoms with Crippen LogP contribution in [0.15, 0.2) is 72.9 Å². The second kappa shape index (κ2) is 7.99. The van der Waals surface area contributed by atoms with Crippen LogP contribution in [0.2, 0.25) is 0 Å². The number of fused-ring (bicyclic) bond motifs is 1. The Balaban J connectivity index is 1.35. The number of hydrogen-bond acceptors (Lipinski definition) is 2. The number of hydrogen-bond donors (Lipinski definition) is 1. The highest BCUT2D eigenvalue weighted by molar-refractivity contribution is 5.79. The van der Waals surface area contributed by atoms with Crippen LogP contribution in [0.3, 0.4) is 0 Å². The second-order valence-corrected chi connectivity index (χ2v) is 6.66. The zero-order valence-corrected chi connectivity index (χ0v) is 14.8. The second-order valence-electron chi connectivity index (χ2n) is 6.66. The first-order valence-electron chi connectivity index (χ1n) is 9.20. The van der Waals surface area contributed by atoms with Crippen molar-refractivity contribution >= 4 is 16.5 Å². The third-order valence-corrected chi connectivity index (χ3v) is 4.81. The summed E-state index contributed by atoms with van der Waals surface area (Å²) in [6.45, 7) is 0.941. The standard InChI is InChI=1S/C24H22N2/c1-2-9-20(10-3-1)21-14-15-25-23(17-21)12-6-4-8-19-16-22-11-5-7-13-24(22)26-18-19/h1-3,5,7,9-11,13-14,16,18,23,25H,6,12,15,17H2. The van der Waals surface area contributed by atoms with E-state index >= 15 is 0 Å². The molecule has 1 aliphatic heterocycles. The maximum absolute atomic E-state index is 4.47. The van der Waals surface area contributed by atoms with Gasteiger partial charge < -0.3 is 5.32 Å². The molecule has 0 saturated heterocycles. The molecule has 0 bridgehead atoms. The van der Waals surface area contributed by atoms with E-state index in [1.54, 1.807) is 0 Å². The average molecular weight is 338 g/mol. The molecule has 2 aromatic carbocycles. The predicted molar refractivity (Wildman–Crippen MR) is 109 cm³/mol. The number of pyridine rings is 1. The molecule has 128 valence electrons. The van der Waals surface area contributed by atoms with Crippen LogP contribution in [0.4, 0.5) is 0 Å². The summed E-state index contributed by atoms with van der Waals surface area (Å²) >= 11 is 0. The van der Waals surface area contributed by atoms with Crippen LogP contribution in [0.25, 0.3) is 16.5 Å². The Morgan fingerprint density at radius 1 is 1.04 bits per heavy atom. The van der Waals surface area contributed by atoms with Gasteiger partial charge in [-0.1, -0.05) is 66.4 Å². The molecular formula is C24H22N2. The first kappa shape index (κ1) is 16.6. The van der Waals surface area contributed by atoms with Gasteiger partial charge in [0.25, 0.3) is 0 Å². The van der Waals surface area contributed by atoms with Gasteiger partial charge >= 0.3 is 0 Å². The molecule has 0 fully saturated rings. The van der Waals surface area contributed by atoms with Gasteiger partial charge in [0.1, 0.15) is 0 Å². The van der Waals surface area contributed by atoms with Gasteiger partial charge in [-0.05, 0) is 36.1 Å². The fraction of sp³-hybridized carbons (Fsp3) is 0.208. The van der Waals surface area contributed by atoms with E-state index in [1.807, 2.05) is 24.4 Å². The molecular weight excluding hydrogens is 316 g/mol. The lowest BCUT2D eigenvalue weighted by atomic mass is 9.93. The molecule has 1 N–H and O–H groups in total. The summed E-state index contributed by atoms with van der Waals surface area (Å²) in [6, 6.07) is 21.4. The predicted octanol–water partition coefficient (Wildman–Crippen LogP) is 4.81. The normalized spacial score (nSPS) is 16.6. The van der Waals surface area contributed by atoms with Gasteiger partial charge in [0.15, 0.2) is 0 Å². The molecule has 3 aromatic rings. The van der Waals surface area contributed by atoms with E-state index in [9.17, 15) is 0 Å². The molecule has 2 heterocycles. The molecule has 0 spiro atoms. The minimum absolute atomic E-state index is 0.499. The summed E-state index contributed by atoms with van der Waals surface area (Å²) in [6.07, 6.45) is 7.21. The van der Waals surface area contributed by atoms with Crippen molar-refractivity contribution in [3.05, 3.63) is 84.1 Å². The molecule has 2 heteroatoms. The van der Waals surface area contributed by atoms with Crippen LogP contribution in [0.5, 0.6) is 0 Å². The third-order valence-electron chi connectivity index (χ3n) is 4.81. The fourth-order valence-electron chi connectivity index (χ4n) is 3.41. The lowest BCUT2D eigenvalue weighted by Gasteiger charge is -2.24. The molecule has 0 saturated carbocycles. The zero-order chi connectivity index (χ0) is 17.6. The van der Waals surface area contributed by atoms with Gasteiger partial charge in [-0.25, -0.2) is 0 Å². The van der Waals surface area contributed by atoms with E-state index in [4.69, 9.17) is 0 Å². The lowest BCUT2D eigenvalue weighted by molar-refractivity contribution is 0.508. The van der Waals surface area contributed by atoms with Crippen LogP contribution in [0.1, 0.15) is 30.4 Å². The Morgan fingerprint density at radius 2 is 1.88 bits per heavy atom. The molecule has 4 rings (SSSR count). The van der Waals surface area contributed by atoms with E-state index < -0.39 is 0 Å². The Labute approximate surface area is 155 Å². The fourth-order valence-corrected chi connectivity index (χ4v) is 3.41. The first-order valence-corrected chi connectivity index (χ1v) is 9.20. The topological polar surface area (TPSA) is 24.9 Å². The molecule has 26 heavy (non-hydrogen) atoms. The first-order chi connectivity index (χ1) is 12.9. The smallest absolute Gasteiger partial charge is 0.0702 e. The Hall–Kier alpha value is -2.89. The van der Waals surface area contributed by atoms with Gasteiger partial charge in [0.05, 0.1) is 5.52 Å². The Bertz CT molecular complexity index is 977. The maximum Gasteiger partial charge on any atom is 0.0702 e. The van der Waals surface area contributed by atoms with Crippen molar-refractivity contribution in [2.45, 2.75) is 25.3 Å². The summed E-state index contributed by atoms with van der Waals surface area (Å²) in [7, 11) is 0. The van der Waals surface area contributed by atoms with Crippen LogP contribution in [0, 0.1) is 11.8 Å². The molecule has 2 nitrogen and oxygen atoms in total. The third kappa shape index (κ3) is 4.02. The number of benzene rings is 2. The average Bonchev–Trinajstić information content (AvgIpc) is 2.72. The molecule has 1 atom stereocenters. The van der Waals surface area contributed by atoms with E-state index in [2.05, 4.69) is 70.7 Å². The summed E-state index contributed by atoms with van der Waals surface area (Å²) in [5.41, 5.74) is 4.79. The van der Waals surface area contributed by atoms with Gasteiger partial charge in [-0.15, -0.1) is 0 Å². The molecule has 0 amide bonds. The number of aromatic nitrogens is 1. The van der Waals surface area contributed by atoms with E-state index in [-0.39, 0.29) is 0 Å². The van der Waals surface area contributed by atoms with E-state index in [1.165, 1.54) is 11.1 Å². The van der Waals surface area contributed by atoms with Crippen molar-refractivity contribution in [2.75, 3.05) is 6.54 Å². The number of rotatable bonds is 3. The van der Waals surface area contributed by atoms with Crippen molar-refractivity contribution in [3.8, 4) is 11.8 Å². The van der Waals surface area contributed by atoms with Gasteiger partial charge in [-0.3, -0.25) is 4.98 Å². The summed E-state index contributed by atoms with van der Waals surface area (Å²) in [5, 5.41) is 4.73. The van der Waals surface area contributed by atoms with Gasteiger partial charge in [-0.2, -0.15) is 0 Å². The number of nitrogens with one attached hydrogen (secondary N) is 1. The lowest BCUT2D eigenvalue weighted by Crippen LogP contribution is -2.32. The Kier molecular flexibility index (Phi) is 5.09. The van der Waals surface area contributed by atoms with Crippen LogP contribution >= 0.6 is 0 Å². The van der Waals surface area contributed by atoms with Crippen molar-refractivity contribution in [2.24, 2.45) is 0 Å². The van der Waals surface area contributed by atoms with Gasteiger partial charge in [0, 0.05) is 36.2 Å². The molecule has 0 radical (unpaired) electrons. The minimum atomic E-state index is 0.499. The highest BCUT2D eigenvalue weighted by atomic mass is 14.9. The number of para-hydroxylation sites is 1. The number of nitrogens with zero attached hydrogens (tertiary/aromatic N) is 1. The monoisotopic (exact) mass is 338 g/mol. The Morgan fingerprint density at radius 3 is 2.81 bits per heavy atom. The van der Waals surface area contributed by atoms with Crippen molar-refractivity contribution in [1.29, 1.82) is 0 Å². The van der Waals surface area contributed by atoms with E-state index in [0.717, 1.165) is 42.3 Å². The molecule has 1 aliphatic rings. The zero-order valence-electron chi connectivity index (χ0n) is 14.8. The summed E-state index contributed by atoms with van der Waals surface area (Å²) < 4.78 is 0. The van der Waals surface area contributed by atoms with Crippen molar-refractivity contribution in [1.82, 2.24) is 10.3 Å². The van der Waals surface area contributed by atoms with Crippen molar-refractivity contribution in [3.63, 3.8) is 0 Å².